The van der Waals surface area contributed by atoms with E-state index in [4.69, 9.17) is 0 Å². The van der Waals surface area contributed by atoms with Crippen LogP contribution in [-0.2, 0) is 4.79 Å². The van der Waals surface area contributed by atoms with Gasteiger partial charge in [0.05, 0.1) is 0 Å². The normalized spacial score (nSPS) is 23.3. The third-order valence-corrected chi connectivity index (χ3v) is 4.57. The van der Waals surface area contributed by atoms with E-state index >= 15 is 0 Å². The van der Waals surface area contributed by atoms with Crippen LogP contribution in [0.25, 0.3) is 0 Å². The summed E-state index contributed by atoms with van der Waals surface area (Å²) in [6.45, 7) is 7.66. The van der Waals surface area contributed by atoms with E-state index in [2.05, 4.69) is 48.3 Å². The Balaban J connectivity index is 1.59. The van der Waals surface area contributed by atoms with Gasteiger partial charge in [0.15, 0.2) is 0 Å². The Morgan fingerprint density at radius 2 is 1.95 bits per heavy atom. The molecule has 2 saturated heterocycles. The van der Waals surface area contributed by atoms with E-state index in [1.165, 1.54) is 13.0 Å². The summed E-state index contributed by atoms with van der Waals surface area (Å²) in [5, 5.41) is 3.61. The van der Waals surface area contributed by atoms with Crippen molar-refractivity contribution >= 4 is 17.3 Å². The van der Waals surface area contributed by atoms with Gasteiger partial charge in [-0.05, 0) is 51.0 Å². The van der Waals surface area contributed by atoms with Gasteiger partial charge in [-0.2, -0.15) is 0 Å². The summed E-state index contributed by atoms with van der Waals surface area (Å²) in [4.78, 5) is 16.1. The Morgan fingerprint density at radius 3 is 2.52 bits per heavy atom. The maximum Gasteiger partial charge on any atom is 0.227 e. The van der Waals surface area contributed by atoms with Gasteiger partial charge < -0.3 is 10.2 Å². The Labute approximate surface area is 127 Å². The number of nitrogens with zero attached hydrogens (tertiary/aromatic N) is 2. The van der Waals surface area contributed by atoms with Crippen LogP contribution in [0.5, 0.6) is 0 Å². The lowest BCUT2D eigenvalue weighted by molar-refractivity contribution is -0.117. The zero-order chi connectivity index (χ0) is 14.8. The van der Waals surface area contributed by atoms with E-state index in [1.54, 1.807) is 0 Å². The van der Waals surface area contributed by atoms with Crippen LogP contribution < -0.4 is 10.2 Å². The van der Waals surface area contributed by atoms with Gasteiger partial charge in [0, 0.05) is 49.5 Å². The molecule has 1 aromatic carbocycles. The molecule has 0 saturated carbocycles. The van der Waals surface area contributed by atoms with Crippen LogP contribution in [0.1, 0.15) is 33.1 Å². The van der Waals surface area contributed by atoms with Gasteiger partial charge in [-0.3, -0.25) is 9.69 Å². The zero-order valence-electron chi connectivity index (χ0n) is 13.0. The van der Waals surface area contributed by atoms with Crippen molar-refractivity contribution in [2.45, 2.75) is 45.2 Å². The summed E-state index contributed by atoms with van der Waals surface area (Å²) in [6, 6.07) is 9.46. The predicted molar refractivity (Wildman–Crippen MR) is 86.8 cm³/mol. The van der Waals surface area contributed by atoms with Gasteiger partial charge in [-0.15, -0.1) is 0 Å². The monoisotopic (exact) mass is 287 g/mol. The van der Waals surface area contributed by atoms with Gasteiger partial charge in [0.1, 0.15) is 0 Å². The number of likely N-dealkylation sites (tertiary alicyclic amines) is 1. The van der Waals surface area contributed by atoms with Crippen LogP contribution in [0.3, 0.4) is 0 Å². The number of rotatable bonds is 4. The van der Waals surface area contributed by atoms with Gasteiger partial charge >= 0.3 is 0 Å². The van der Waals surface area contributed by atoms with E-state index in [0.717, 1.165) is 30.9 Å². The number of nitrogens with one attached hydrogen (secondary N) is 1. The van der Waals surface area contributed by atoms with Crippen molar-refractivity contribution in [3.05, 3.63) is 24.3 Å². The van der Waals surface area contributed by atoms with E-state index in [1.807, 2.05) is 4.90 Å². The first-order valence-corrected chi connectivity index (χ1v) is 8.04. The molecule has 4 nitrogen and oxygen atoms in total. The average Bonchev–Trinajstić information content (AvgIpc) is 3.09. The molecule has 1 N–H and O–H groups in total. The summed E-state index contributed by atoms with van der Waals surface area (Å²) in [6.07, 6.45) is 2.86. The summed E-state index contributed by atoms with van der Waals surface area (Å²) in [5.74, 6) is 0.249. The highest BCUT2D eigenvalue weighted by molar-refractivity contribution is 5.95. The Kier molecular flexibility index (Phi) is 4.15. The number of amides is 1. The van der Waals surface area contributed by atoms with Gasteiger partial charge in [-0.1, -0.05) is 0 Å². The number of anilines is 2. The van der Waals surface area contributed by atoms with E-state index in [0.29, 0.717) is 18.5 Å². The van der Waals surface area contributed by atoms with Gasteiger partial charge in [0.2, 0.25) is 5.91 Å². The maximum absolute atomic E-state index is 11.7. The molecule has 1 atom stereocenters. The highest BCUT2D eigenvalue weighted by Crippen LogP contribution is 2.24. The summed E-state index contributed by atoms with van der Waals surface area (Å²) in [5.41, 5.74) is 2.18. The molecule has 0 aliphatic carbocycles. The second kappa shape index (κ2) is 6.06. The second-order valence-electron chi connectivity index (χ2n) is 6.41. The molecule has 1 aromatic rings. The number of carbonyl (C=O) groups excluding carboxylic acids is 1. The molecule has 2 aliphatic heterocycles. The molecular formula is C17H25N3O. The van der Waals surface area contributed by atoms with Crippen molar-refractivity contribution in [1.29, 1.82) is 0 Å². The molecule has 114 valence electrons. The van der Waals surface area contributed by atoms with Gasteiger partial charge in [-0.25, -0.2) is 0 Å². The fraction of sp³-hybridized carbons (Fsp3) is 0.588. The first kappa shape index (κ1) is 14.4. The average molecular weight is 287 g/mol. The number of benzene rings is 1. The minimum Gasteiger partial charge on any atom is -0.381 e. The molecule has 0 aromatic heterocycles. The second-order valence-corrected chi connectivity index (χ2v) is 6.41. The van der Waals surface area contributed by atoms with Crippen LogP contribution in [0.2, 0.25) is 0 Å². The molecule has 3 rings (SSSR count). The maximum atomic E-state index is 11.7. The molecule has 21 heavy (non-hydrogen) atoms. The van der Waals surface area contributed by atoms with Crippen molar-refractivity contribution in [2.75, 3.05) is 29.9 Å². The molecular weight excluding hydrogens is 262 g/mol. The third-order valence-electron chi connectivity index (χ3n) is 4.57. The minimum absolute atomic E-state index is 0.249. The summed E-state index contributed by atoms with van der Waals surface area (Å²) >= 11 is 0. The highest BCUT2D eigenvalue weighted by atomic mass is 16.2. The number of carbonyl (C=O) groups is 1. The highest BCUT2D eigenvalue weighted by Gasteiger charge is 2.24. The predicted octanol–water partition coefficient (Wildman–Crippen LogP) is 2.71. The first-order chi connectivity index (χ1) is 10.1. The Hall–Kier alpha value is -1.55. The molecule has 0 spiro atoms. The SMILES string of the molecule is CC(C)N1CCC(Nc2ccc(N3CCCC3=O)cc2)C1. The topological polar surface area (TPSA) is 35.6 Å². The smallest absolute Gasteiger partial charge is 0.227 e. The number of hydrogen-bond donors (Lipinski definition) is 1. The largest absolute Gasteiger partial charge is 0.381 e. The van der Waals surface area contributed by atoms with E-state index < -0.39 is 0 Å². The standard InChI is InChI=1S/C17H25N3O/c1-13(2)19-11-9-15(12-19)18-14-5-7-16(8-6-14)20-10-3-4-17(20)21/h5-8,13,15,18H,3-4,9-12H2,1-2H3. The molecule has 1 unspecified atom stereocenters. The molecule has 4 heteroatoms. The van der Waals surface area contributed by atoms with E-state index in [-0.39, 0.29) is 5.91 Å². The molecule has 0 bridgehead atoms. The van der Waals surface area contributed by atoms with Crippen LogP contribution in [0.15, 0.2) is 24.3 Å². The van der Waals surface area contributed by atoms with Crippen LogP contribution in [-0.4, -0.2) is 42.5 Å². The molecule has 2 fully saturated rings. The van der Waals surface area contributed by atoms with Crippen molar-refractivity contribution in [3.63, 3.8) is 0 Å². The van der Waals surface area contributed by atoms with Crippen LogP contribution in [0, 0.1) is 0 Å². The first-order valence-electron chi connectivity index (χ1n) is 8.04. The fourth-order valence-corrected chi connectivity index (χ4v) is 3.27. The lowest BCUT2D eigenvalue weighted by atomic mass is 10.2. The van der Waals surface area contributed by atoms with Crippen LogP contribution >= 0.6 is 0 Å². The summed E-state index contributed by atoms with van der Waals surface area (Å²) in [7, 11) is 0. The quantitative estimate of drug-likeness (QED) is 0.925. The van der Waals surface area contributed by atoms with Crippen molar-refractivity contribution < 1.29 is 4.79 Å². The third kappa shape index (κ3) is 3.21. The Morgan fingerprint density at radius 1 is 1.19 bits per heavy atom. The zero-order valence-corrected chi connectivity index (χ0v) is 13.0. The molecule has 2 aliphatic rings. The van der Waals surface area contributed by atoms with Crippen molar-refractivity contribution in [1.82, 2.24) is 4.90 Å². The van der Waals surface area contributed by atoms with Crippen LogP contribution in [0.4, 0.5) is 11.4 Å². The minimum atomic E-state index is 0.249. The lowest BCUT2D eigenvalue weighted by Gasteiger charge is -2.21. The molecule has 1 amide bonds. The van der Waals surface area contributed by atoms with E-state index in [9.17, 15) is 4.79 Å². The van der Waals surface area contributed by atoms with Crippen molar-refractivity contribution in [2.24, 2.45) is 0 Å². The number of hydrogen-bond acceptors (Lipinski definition) is 3. The Bertz CT molecular complexity index is 497. The molecule has 0 radical (unpaired) electrons. The van der Waals surface area contributed by atoms with Crippen molar-refractivity contribution in [3.8, 4) is 0 Å². The molecule has 2 heterocycles. The lowest BCUT2D eigenvalue weighted by Crippen LogP contribution is -2.31. The van der Waals surface area contributed by atoms with Gasteiger partial charge in [0.25, 0.3) is 0 Å². The summed E-state index contributed by atoms with van der Waals surface area (Å²) < 4.78 is 0. The fourth-order valence-electron chi connectivity index (χ4n) is 3.27.